The average molecular weight is 247 g/mol. The van der Waals surface area contributed by atoms with Crippen LogP contribution in [-0.2, 0) is 4.79 Å². The second kappa shape index (κ2) is 6.09. The number of rotatable bonds is 6. The second-order valence-corrected chi connectivity index (χ2v) is 4.80. The normalized spacial score (nSPS) is 16.6. The van der Waals surface area contributed by atoms with Crippen molar-refractivity contribution in [3.63, 3.8) is 0 Å². The SMILES string of the molecule is CCCC1(CNC(=O)NC(=O)CCCl)CC1. The monoisotopic (exact) mass is 246 g/mol. The first kappa shape index (κ1) is 13.3. The van der Waals surface area contributed by atoms with Crippen LogP contribution in [0.4, 0.5) is 4.79 Å². The van der Waals surface area contributed by atoms with Crippen molar-refractivity contribution in [3.05, 3.63) is 0 Å². The van der Waals surface area contributed by atoms with Crippen LogP contribution in [-0.4, -0.2) is 24.4 Å². The lowest BCUT2D eigenvalue weighted by molar-refractivity contribution is -0.119. The molecule has 0 unspecified atom stereocenters. The zero-order valence-corrected chi connectivity index (χ0v) is 10.4. The van der Waals surface area contributed by atoms with Crippen molar-refractivity contribution in [1.29, 1.82) is 0 Å². The van der Waals surface area contributed by atoms with Crippen LogP contribution in [0.5, 0.6) is 0 Å². The van der Waals surface area contributed by atoms with Gasteiger partial charge in [-0.3, -0.25) is 10.1 Å². The van der Waals surface area contributed by atoms with E-state index in [0.717, 1.165) is 12.8 Å². The number of carbonyl (C=O) groups excluding carboxylic acids is 2. The summed E-state index contributed by atoms with van der Waals surface area (Å²) >= 11 is 5.39. The Morgan fingerprint density at radius 3 is 2.56 bits per heavy atom. The minimum absolute atomic E-state index is 0.176. The maximum Gasteiger partial charge on any atom is 0.321 e. The third-order valence-electron chi connectivity index (χ3n) is 2.94. The van der Waals surface area contributed by atoms with Crippen LogP contribution in [0.2, 0.25) is 0 Å². The first-order chi connectivity index (χ1) is 7.62. The Bertz CT molecular complexity index is 265. The smallest absolute Gasteiger partial charge is 0.321 e. The van der Waals surface area contributed by atoms with Gasteiger partial charge in [0.2, 0.25) is 5.91 Å². The second-order valence-electron chi connectivity index (χ2n) is 4.42. The fraction of sp³-hybridized carbons (Fsp3) is 0.818. The molecule has 0 aromatic heterocycles. The third kappa shape index (κ3) is 4.39. The van der Waals surface area contributed by atoms with Crippen molar-refractivity contribution in [2.75, 3.05) is 12.4 Å². The predicted molar refractivity (Wildman–Crippen MR) is 63.5 cm³/mol. The van der Waals surface area contributed by atoms with E-state index in [1.807, 2.05) is 0 Å². The van der Waals surface area contributed by atoms with Crippen LogP contribution in [0.25, 0.3) is 0 Å². The fourth-order valence-corrected chi connectivity index (χ4v) is 1.98. The zero-order chi connectivity index (χ0) is 12.0. The van der Waals surface area contributed by atoms with Crippen LogP contribution in [0.15, 0.2) is 0 Å². The van der Waals surface area contributed by atoms with Gasteiger partial charge in [0.15, 0.2) is 0 Å². The number of nitrogens with one attached hydrogen (secondary N) is 2. The highest BCUT2D eigenvalue weighted by Crippen LogP contribution is 2.48. The number of carbonyl (C=O) groups is 2. The topological polar surface area (TPSA) is 58.2 Å². The molecular formula is C11H19ClN2O2. The molecule has 16 heavy (non-hydrogen) atoms. The third-order valence-corrected chi connectivity index (χ3v) is 3.12. The summed E-state index contributed by atoms with van der Waals surface area (Å²) in [5, 5.41) is 5.00. The highest BCUT2D eigenvalue weighted by atomic mass is 35.5. The lowest BCUT2D eigenvalue weighted by Crippen LogP contribution is -2.41. The van der Waals surface area contributed by atoms with Gasteiger partial charge in [0.25, 0.3) is 0 Å². The van der Waals surface area contributed by atoms with Gasteiger partial charge in [-0.2, -0.15) is 0 Å². The van der Waals surface area contributed by atoms with Crippen molar-refractivity contribution in [2.45, 2.75) is 39.0 Å². The Morgan fingerprint density at radius 2 is 2.06 bits per heavy atom. The van der Waals surface area contributed by atoms with E-state index in [1.165, 1.54) is 12.8 Å². The maximum absolute atomic E-state index is 11.3. The molecule has 5 heteroatoms. The number of urea groups is 1. The number of hydrogen-bond donors (Lipinski definition) is 2. The molecule has 1 saturated carbocycles. The minimum Gasteiger partial charge on any atom is -0.337 e. The van der Waals surface area contributed by atoms with Gasteiger partial charge < -0.3 is 5.32 Å². The predicted octanol–water partition coefficient (Wildman–Crippen LogP) is 2.02. The Balaban J connectivity index is 2.17. The molecule has 0 radical (unpaired) electrons. The fourth-order valence-electron chi connectivity index (χ4n) is 1.81. The van der Waals surface area contributed by atoms with Crippen molar-refractivity contribution in [3.8, 4) is 0 Å². The zero-order valence-electron chi connectivity index (χ0n) is 9.64. The van der Waals surface area contributed by atoms with E-state index in [-0.39, 0.29) is 18.2 Å². The van der Waals surface area contributed by atoms with E-state index in [1.54, 1.807) is 0 Å². The van der Waals surface area contributed by atoms with Crippen molar-refractivity contribution >= 4 is 23.5 Å². The highest BCUT2D eigenvalue weighted by Gasteiger charge is 2.41. The summed E-state index contributed by atoms with van der Waals surface area (Å²) in [5.74, 6) is -0.0911. The maximum atomic E-state index is 11.3. The molecule has 3 amide bonds. The molecule has 0 spiro atoms. The van der Waals surface area contributed by atoms with E-state index in [0.29, 0.717) is 12.0 Å². The van der Waals surface area contributed by atoms with Crippen LogP contribution in [0.1, 0.15) is 39.0 Å². The van der Waals surface area contributed by atoms with E-state index < -0.39 is 6.03 Å². The van der Waals surface area contributed by atoms with E-state index in [9.17, 15) is 9.59 Å². The van der Waals surface area contributed by atoms with Gasteiger partial charge in [0, 0.05) is 18.8 Å². The molecule has 0 aromatic carbocycles. The number of halogens is 1. The first-order valence-corrected chi connectivity index (χ1v) is 6.29. The molecule has 1 fully saturated rings. The van der Waals surface area contributed by atoms with Crippen LogP contribution in [0.3, 0.4) is 0 Å². The van der Waals surface area contributed by atoms with Gasteiger partial charge in [-0.1, -0.05) is 13.3 Å². The van der Waals surface area contributed by atoms with Crippen molar-refractivity contribution < 1.29 is 9.59 Å². The van der Waals surface area contributed by atoms with Crippen LogP contribution in [0, 0.1) is 5.41 Å². The van der Waals surface area contributed by atoms with Crippen LogP contribution >= 0.6 is 11.6 Å². The largest absolute Gasteiger partial charge is 0.337 e. The highest BCUT2D eigenvalue weighted by molar-refractivity contribution is 6.19. The van der Waals surface area contributed by atoms with Gasteiger partial charge in [-0.05, 0) is 24.7 Å². The van der Waals surface area contributed by atoms with E-state index >= 15 is 0 Å². The molecule has 0 bridgehead atoms. The molecule has 0 aliphatic heterocycles. The molecule has 0 aromatic rings. The molecular weight excluding hydrogens is 228 g/mol. The molecule has 0 heterocycles. The Labute approximate surface area is 101 Å². The van der Waals surface area contributed by atoms with E-state index in [2.05, 4.69) is 17.6 Å². The summed E-state index contributed by atoms with van der Waals surface area (Å²) in [6.45, 7) is 2.81. The molecule has 0 saturated heterocycles. The number of imide groups is 1. The number of alkyl halides is 1. The Hall–Kier alpha value is -0.770. The van der Waals surface area contributed by atoms with Crippen molar-refractivity contribution in [1.82, 2.24) is 10.6 Å². The van der Waals surface area contributed by atoms with Gasteiger partial charge >= 0.3 is 6.03 Å². The summed E-state index contributed by atoms with van der Waals surface area (Å²) < 4.78 is 0. The molecule has 92 valence electrons. The summed E-state index contributed by atoms with van der Waals surface area (Å²) in [6.07, 6.45) is 4.81. The van der Waals surface area contributed by atoms with Gasteiger partial charge in [-0.15, -0.1) is 11.6 Å². The average Bonchev–Trinajstić information content (AvgIpc) is 2.97. The standard InChI is InChI=1S/C11H19ClN2O2/c1-2-4-11(5-6-11)8-13-10(16)14-9(15)3-7-12/h2-8H2,1H3,(H2,13,14,15,16). The molecule has 1 aliphatic carbocycles. The summed E-state index contributed by atoms with van der Waals surface area (Å²) in [6, 6.07) is -0.405. The van der Waals surface area contributed by atoms with Gasteiger partial charge in [0.05, 0.1) is 0 Å². The molecule has 1 rings (SSSR count). The Morgan fingerprint density at radius 1 is 1.38 bits per heavy atom. The molecule has 0 atom stereocenters. The Kier molecular flexibility index (Phi) is 5.06. The van der Waals surface area contributed by atoms with Crippen molar-refractivity contribution in [2.24, 2.45) is 5.41 Å². The van der Waals surface area contributed by atoms with Crippen LogP contribution < -0.4 is 10.6 Å². The molecule has 2 N–H and O–H groups in total. The molecule has 1 aliphatic rings. The lowest BCUT2D eigenvalue weighted by atomic mass is 10.0. The van der Waals surface area contributed by atoms with E-state index in [4.69, 9.17) is 11.6 Å². The summed E-state index contributed by atoms with van der Waals surface area (Å²) in [4.78, 5) is 22.4. The summed E-state index contributed by atoms with van der Waals surface area (Å²) in [5.41, 5.74) is 0.307. The number of hydrogen-bond acceptors (Lipinski definition) is 2. The summed E-state index contributed by atoms with van der Waals surface area (Å²) in [7, 11) is 0. The van der Waals surface area contributed by atoms with Gasteiger partial charge in [0.1, 0.15) is 0 Å². The minimum atomic E-state index is -0.405. The lowest BCUT2D eigenvalue weighted by Gasteiger charge is -2.14. The first-order valence-electron chi connectivity index (χ1n) is 5.75. The number of amides is 3. The quantitative estimate of drug-likeness (QED) is 0.705. The molecule has 4 nitrogen and oxygen atoms in total. The van der Waals surface area contributed by atoms with Gasteiger partial charge in [-0.25, -0.2) is 4.79 Å².